The number of benzene rings is 3. The third kappa shape index (κ3) is 7.33. The Morgan fingerprint density at radius 2 is 1.65 bits per heavy atom. The lowest BCUT2D eigenvalue weighted by Crippen LogP contribution is -2.39. The summed E-state index contributed by atoms with van der Waals surface area (Å²) in [7, 11) is -2.55. The van der Waals surface area contributed by atoms with E-state index in [1.54, 1.807) is 53.8 Å². The molecule has 0 spiro atoms. The van der Waals surface area contributed by atoms with Crippen LogP contribution in [0.3, 0.4) is 0 Å². The minimum atomic E-state index is -5.03. The number of halogens is 3. The van der Waals surface area contributed by atoms with Gasteiger partial charge in [-0.15, -0.1) is 0 Å². The van der Waals surface area contributed by atoms with Gasteiger partial charge >= 0.3 is 18.1 Å². The van der Waals surface area contributed by atoms with Crippen molar-refractivity contribution < 1.29 is 40.7 Å². The number of methoxy groups -OCH3 is 1. The fourth-order valence-electron chi connectivity index (χ4n) is 4.42. The highest BCUT2D eigenvalue weighted by Gasteiger charge is 2.38. The van der Waals surface area contributed by atoms with E-state index in [2.05, 4.69) is 10.6 Å². The first kappa shape index (κ1) is 31.1. The zero-order valence-electron chi connectivity index (χ0n) is 23.0. The number of rotatable bonds is 10. The molecule has 0 aliphatic carbocycles. The second-order valence-corrected chi connectivity index (χ2v) is 11.3. The molecule has 2 amide bonds. The summed E-state index contributed by atoms with van der Waals surface area (Å²) < 4.78 is 67.9. The number of carbonyl (C=O) groups is 3. The molecule has 0 unspecified atom stereocenters. The van der Waals surface area contributed by atoms with Crippen molar-refractivity contribution in [1.29, 1.82) is 0 Å². The molecule has 0 saturated carbocycles. The van der Waals surface area contributed by atoms with Crippen LogP contribution in [0, 0.1) is 0 Å². The van der Waals surface area contributed by atoms with Gasteiger partial charge in [-0.2, -0.15) is 13.2 Å². The van der Waals surface area contributed by atoms with Gasteiger partial charge in [-0.25, -0.2) is 13.2 Å². The van der Waals surface area contributed by atoms with Crippen molar-refractivity contribution in [3.63, 3.8) is 0 Å². The molecule has 0 saturated heterocycles. The van der Waals surface area contributed by atoms with Crippen LogP contribution in [0.15, 0.2) is 72.8 Å². The van der Waals surface area contributed by atoms with Gasteiger partial charge in [0.15, 0.2) is 0 Å². The summed E-state index contributed by atoms with van der Waals surface area (Å²) in [5.41, 5.74) is 3.48. The van der Waals surface area contributed by atoms with E-state index in [4.69, 9.17) is 4.74 Å². The summed E-state index contributed by atoms with van der Waals surface area (Å²) >= 11 is 0. The van der Waals surface area contributed by atoms with Gasteiger partial charge in [0, 0.05) is 24.3 Å². The number of anilines is 3. The first-order chi connectivity index (χ1) is 20.3. The minimum Gasteiger partial charge on any atom is -0.465 e. The van der Waals surface area contributed by atoms with Crippen LogP contribution in [-0.2, 0) is 24.3 Å². The minimum absolute atomic E-state index is 0.0641. The molecule has 4 rings (SSSR count). The van der Waals surface area contributed by atoms with Crippen molar-refractivity contribution in [2.45, 2.75) is 12.6 Å². The molecule has 1 aliphatic rings. The maximum Gasteiger partial charge on any atom is 0.471 e. The fourth-order valence-corrected chi connectivity index (χ4v) is 5.38. The summed E-state index contributed by atoms with van der Waals surface area (Å²) in [6, 6.07) is 20.0. The molecule has 3 N–H and O–H groups in total. The normalized spacial score (nSPS) is 13.9. The van der Waals surface area contributed by atoms with Crippen LogP contribution in [-0.4, -0.2) is 58.8 Å². The lowest BCUT2D eigenvalue weighted by Gasteiger charge is -2.23. The van der Waals surface area contributed by atoms with E-state index in [1.807, 2.05) is 6.07 Å². The Morgan fingerprint density at radius 1 is 0.977 bits per heavy atom. The van der Waals surface area contributed by atoms with E-state index < -0.39 is 34.0 Å². The second-order valence-electron chi connectivity index (χ2n) is 9.44. The van der Waals surface area contributed by atoms with E-state index >= 15 is 0 Å². The molecular weight excluding hydrogens is 589 g/mol. The van der Waals surface area contributed by atoms with Gasteiger partial charge in [-0.1, -0.05) is 36.4 Å². The molecule has 1 heterocycles. The van der Waals surface area contributed by atoms with E-state index in [1.165, 1.54) is 25.3 Å². The average Bonchev–Trinajstić information content (AvgIpc) is 3.29. The maximum atomic E-state index is 13.2. The number of fused-ring (bicyclic) bond motifs is 1. The number of sulfonamides is 1. The fraction of sp³-hybridized carbons (Fsp3) is 0.207. The lowest BCUT2D eigenvalue weighted by molar-refractivity contribution is -0.173. The quantitative estimate of drug-likeness (QED) is 0.176. The van der Waals surface area contributed by atoms with Gasteiger partial charge in [0.05, 0.1) is 41.6 Å². The summed E-state index contributed by atoms with van der Waals surface area (Å²) in [4.78, 5) is 36.2. The molecule has 10 nitrogen and oxygen atoms in total. The van der Waals surface area contributed by atoms with E-state index in [9.17, 15) is 36.0 Å². The van der Waals surface area contributed by atoms with Crippen LogP contribution in [0.2, 0.25) is 0 Å². The summed E-state index contributed by atoms with van der Waals surface area (Å²) in [5, 5.41) is 7.74. The maximum absolute atomic E-state index is 13.2. The molecule has 0 radical (unpaired) electrons. The summed E-state index contributed by atoms with van der Waals surface area (Å²) in [6.45, 7) is -0.545. The van der Waals surface area contributed by atoms with E-state index in [0.717, 1.165) is 10.6 Å². The highest BCUT2D eigenvalue weighted by atomic mass is 32.2. The Morgan fingerprint density at radius 3 is 2.26 bits per heavy atom. The molecule has 0 atom stereocenters. The number of hydrogen-bond donors (Lipinski definition) is 3. The van der Waals surface area contributed by atoms with Crippen molar-refractivity contribution >= 4 is 56.1 Å². The highest BCUT2D eigenvalue weighted by molar-refractivity contribution is 7.92. The SMILES string of the molecule is COC(=O)c1ccc2c(c1)NC(=O)C2=C(Nc1ccc(N(CCCNC(=O)C(F)(F)F)S(C)(=O)=O)cc1)c1ccccc1. The van der Waals surface area contributed by atoms with Crippen LogP contribution in [0.25, 0.3) is 11.3 Å². The molecular formula is C29H27F3N4O6S. The molecule has 1 aliphatic heterocycles. The largest absolute Gasteiger partial charge is 0.471 e. The monoisotopic (exact) mass is 616 g/mol. The number of carbonyl (C=O) groups excluding carboxylic acids is 3. The number of esters is 1. The van der Waals surface area contributed by atoms with Gasteiger partial charge in [0.1, 0.15) is 0 Å². The van der Waals surface area contributed by atoms with E-state index in [-0.39, 0.29) is 30.8 Å². The van der Waals surface area contributed by atoms with Gasteiger partial charge in [-0.3, -0.25) is 13.9 Å². The number of alkyl halides is 3. The van der Waals surface area contributed by atoms with Gasteiger partial charge in [0.25, 0.3) is 5.91 Å². The van der Waals surface area contributed by atoms with Crippen molar-refractivity contribution in [2.24, 2.45) is 0 Å². The number of nitrogens with one attached hydrogen (secondary N) is 3. The Balaban J connectivity index is 1.61. The molecule has 0 aromatic heterocycles. The predicted molar refractivity (Wildman–Crippen MR) is 156 cm³/mol. The summed E-state index contributed by atoms with van der Waals surface area (Å²) in [5.74, 6) is -3.05. The van der Waals surface area contributed by atoms with Gasteiger partial charge < -0.3 is 20.7 Å². The highest BCUT2D eigenvalue weighted by Crippen LogP contribution is 2.38. The average molecular weight is 617 g/mol. The first-order valence-corrected chi connectivity index (χ1v) is 14.7. The van der Waals surface area contributed by atoms with Gasteiger partial charge in [-0.05, 0) is 48.4 Å². The number of ether oxygens (including phenoxy) is 1. The van der Waals surface area contributed by atoms with Crippen molar-refractivity contribution in [2.75, 3.05) is 41.4 Å². The third-order valence-electron chi connectivity index (χ3n) is 6.40. The zero-order chi connectivity index (χ0) is 31.4. The van der Waals surface area contributed by atoms with Crippen LogP contribution >= 0.6 is 0 Å². The van der Waals surface area contributed by atoms with Crippen molar-refractivity contribution in [3.8, 4) is 0 Å². The molecule has 226 valence electrons. The molecule has 0 bridgehead atoms. The Bertz CT molecular complexity index is 1670. The Kier molecular flexibility index (Phi) is 9.09. The van der Waals surface area contributed by atoms with Crippen LogP contribution in [0.5, 0.6) is 0 Å². The second kappa shape index (κ2) is 12.6. The smallest absolute Gasteiger partial charge is 0.465 e. The Labute approximate surface area is 245 Å². The standard InChI is InChI=1S/C29H27F3N4O6S/c1-42-27(38)19-9-14-22-23(17-19)35-26(37)24(22)25(18-7-4-3-5-8-18)34-20-10-12-21(13-11-20)36(43(2,40)41)16-6-15-33-28(39)29(30,31)32/h3-5,7-14,17,34H,6,15-16H2,1-2H3,(H,33,39)(H,35,37). The summed E-state index contributed by atoms with van der Waals surface area (Å²) in [6.07, 6.45) is -4.13. The van der Waals surface area contributed by atoms with Crippen LogP contribution < -0.4 is 20.3 Å². The molecule has 3 aromatic carbocycles. The zero-order valence-corrected chi connectivity index (χ0v) is 23.8. The molecule has 3 aromatic rings. The van der Waals surface area contributed by atoms with Crippen molar-refractivity contribution in [1.82, 2.24) is 5.32 Å². The lowest BCUT2D eigenvalue weighted by atomic mass is 9.99. The molecule has 14 heteroatoms. The number of hydrogen-bond acceptors (Lipinski definition) is 7. The Hall–Kier alpha value is -4.85. The molecule has 0 fully saturated rings. The first-order valence-electron chi connectivity index (χ1n) is 12.8. The predicted octanol–water partition coefficient (Wildman–Crippen LogP) is 4.24. The third-order valence-corrected chi connectivity index (χ3v) is 7.60. The number of nitrogens with zero attached hydrogens (tertiary/aromatic N) is 1. The van der Waals surface area contributed by atoms with Crippen LogP contribution in [0.4, 0.5) is 30.2 Å². The molecule has 43 heavy (non-hydrogen) atoms. The van der Waals surface area contributed by atoms with E-state index in [0.29, 0.717) is 33.8 Å². The van der Waals surface area contributed by atoms with Gasteiger partial charge in [0.2, 0.25) is 10.0 Å². The number of amides is 2. The van der Waals surface area contributed by atoms with Crippen molar-refractivity contribution in [3.05, 3.63) is 89.5 Å². The van der Waals surface area contributed by atoms with Crippen LogP contribution in [0.1, 0.15) is 27.9 Å². The topological polar surface area (TPSA) is 134 Å².